The summed E-state index contributed by atoms with van der Waals surface area (Å²) in [5.74, 6) is -0.518. The van der Waals surface area contributed by atoms with E-state index in [0.717, 1.165) is 16.9 Å². The molecule has 2 aromatic carbocycles. The molecule has 0 saturated heterocycles. The lowest BCUT2D eigenvalue weighted by molar-refractivity contribution is 0.0947. The van der Waals surface area contributed by atoms with Crippen LogP contribution < -0.4 is 20.1 Å². The van der Waals surface area contributed by atoms with Crippen molar-refractivity contribution in [2.75, 3.05) is 25.8 Å². The van der Waals surface area contributed by atoms with Crippen molar-refractivity contribution in [3.05, 3.63) is 64.6 Å². The van der Waals surface area contributed by atoms with E-state index in [1.807, 2.05) is 6.26 Å². The lowest BCUT2D eigenvalue weighted by Crippen LogP contribution is -2.25. The number of carbonyl (C=O) groups is 2. The van der Waals surface area contributed by atoms with Crippen LogP contribution in [0.3, 0.4) is 0 Å². The molecular weight excluding hydrogens is 453 g/mol. The van der Waals surface area contributed by atoms with Crippen molar-refractivity contribution in [1.29, 1.82) is 0 Å². The second-order valence-electron chi connectivity index (χ2n) is 6.61. The zero-order valence-corrected chi connectivity index (χ0v) is 19.6. The Morgan fingerprint density at radius 2 is 1.94 bits per heavy atom. The van der Waals surface area contributed by atoms with Gasteiger partial charge < -0.3 is 20.1 Å². The summed E-state index contributed by atoms with van der Waals surface area (Å²) in [6.07, 6.45) is 1.81. The number of amides is 2. The Hall–Kier alpha value is -3.11. The van der Waals surface area contributed by atoms with Crippen LogP contribution in [-0.2, 0) is 6.54 Å². The minimum atomic E-state index is -0.645. The smallest absolute Gasteiger partial charge is 0.273 e. The van der Waals surface area contributed by atoms with Crippen LogP contribution in [0.4, 0.5) is 9.39 Å². The number of hydrogen-bond donors (Lipinski definition) is 2. The topological polar surface area (TPSA) is 89.5 Å². The Kier molecular flexibility index (Phi) is 7.70. The van der Waals surface area contributed by atoms with Crippen molar-refractivity contribution in [2.24, 2.45) is 0 Å². The third kappa shape index (κ3) is 5.20. The molecule has 0 unspecified atom stereocenters. The van der Waals surface area contributed by atoms with Gasteiger partial charge in [-0.3, -0.25) is 9.59 Å². The van der Waals surface area contributed by atoms with Crippen LogP contribution in [0.5, 0.6) is 11.5 Å². The first-order valence-electron chi connectivity index (χ1n) is 9.48. The van der Waals surface area contributed by atoms with Gasteiger partial charge in [0.2, 0.25) is 0 Å². The average molecular weight is 476 g/mol. The number of nitrogens with one attached hydrogen (secondary N) is 2. The van der Waals surface area contributed by atoms with E-state index in [1.54, 1.807) is 44.4 Å². The Bertz CT molecular complexity index is 1150. The SMILES string of the molecule is COc1ccc(CNC(=O)c2nc(SC)sc2NC(=O)c2cccc(C)c2F)c(OC)c1. The Morgan fingerprint density at radius 1 is 1.16 bits per heavy atom. The van der Waals surface area contributed by atoms with Crippen LogP contribution in [0.1, 0.15) is 32.0 Å². The number of aryl methyl sites for hydroxylation is 1. The van der Waals surface area contributed by atoms with Crippen LogP contribution in [0, 0.1) is 12.7 Å². The number of rotatable bonds is 8. The number of methoxy groups -OCH3 is 2. The van der Waals surface area contributed by atoms with Crippen molar-refractivity contribution in [2.45, 2.75) is 17.8 Å². The van der Waals surface area contributed by atoms with E-state index in [2.05, 4.69) is 15.6 Å². The molecule has 1 heterocycles. The van der Waals surface area contributed by atoms with E-state index in [9.17, 15) is 14.0 Å². The highest BCUT2D eigenvalue weighted by molar-refractivity contribution is 8.00. The maximum absolute atomic E-state index is 14.3. The van der Waals surface area contributed by atoms with Gasteiger partial charge in [0, 0.05) is 18.2 Å². The molecule has 0 saturated carbocycles. The van der Waals surface area contributed by atoms with E-state index in [0.29, 0.717) is 21.4 Å². The molecule has 32 heavy (non-hydrogen) atoms. The van der Waals surface area contributed by atoms with Gasteiger partial charge in [0.25, 0.3) is 11.8 Å². The molecule has 0 aliphatic heterocycles. The van der Waals surface area contributed by atoms with Crippen LogP contribution in [0.25, 0.3) is 0 Å². The van der Waals surface area contributed by atoms with Crippen LogP contribution >= 0.6 is 23.1 Å². The van der Waals surface area contributed by atoms with Gasteiger partial charge in [-0.15, -0.1) is 0 Å². The minimum Gasteiger partial charge on any atom is -0.497 e. The zero-order chi connectivity index (χ0) is 23.3. The monoisotopic (exact) mass is 475 g/mol. The Balaban J connectivity index is 1.79. The average Bonchev–Trinajstić information content (AvgIpc) is 3.21. The molecule has 3 rings (SSSR count). The molecule has 10 heteroatoms. The second-order valence-corrected chi connectivity index (χ2v) is 8.67. The lowest BCUT2D eigenvalue weighted by atomic mass is 10.1. The van der Waals surface area contributed by atoms with Crippen LogP contribution in [0.15, 0.2) is 40.7 Å². The lowest BCUT2D eigenvalue weighted by Gasteiger charge is -2.11. The number of anilines is 1. The first-order chi connectivity index (χ1) is 15.4. The number of halogens is 1. The van der Waals surface area contributed by atoms with Crippen LogP contribution in [0.2, 0.25) is 0 Å². The molecular formula is C22H22FN3O4S2. The molecule has 0 fully saturated rings. The molecule has 2 amide bonds. The zero-order valence-electron chi connectivity index (χ0n) is 17.9. The highest BCUT2D eigenvalue weighted by Gasteiger charge is 2.22. The van der Waals surface area contributed by atoms with Gasteiger partial charge in [-0.1, -0.05) is 35.2 Å². The highest BCUT2D eigenvalue weighted by atomic mass is 32.2. The Labute approximate surface area is 193 Å². The van der Waals surface area contributed by atoms with Gasteiger partial charge in [-0.05, 0) is 36.9 Å². The van der Waals surface area contributed by atoms with Crippen molar-refractivity contribution >= 4 is 39.9 Å². The molecule has 0 bridgehead atoms. The highest BCUT2D eigenvalue weighted by Crippen LogP contribution is 2.31. The molecule has 0 spiro atoms. The van der Waals surface area contributed by atoms with E-state index in [4.69, 9.17) is 9.47 Å². The number of hydrogen-bond acceptors (Lipinski definition) is 7. The fourth-order valence-electron chi connectivity index (χ4n) is 2.88. The first-order valence-corrected chi connectivity index (χ1v) is 11.5. The van der Waals surface area contributed by atoms with E-state index in [1.165, 1.54) is 24.9 Å². The summed E-state index contributed by atoms with van der Waals surface area (Å²) >= 11 is 2.49. The van der Waals surface area contributed by atoms with Crippen molar-refractivity contribution in [3.8, 4) is 11.5 Å². The van der Waals surface area contributed by atoms with Crippen molar-refractivity contribution < 1.29 is 23.5 Å². The van der Waals surface area contributed by atoms with E-state index in [-0.39, 0.29) is 22.8 Å². The van der Waals surface area contributed by atoms with E-state index < -0.39 is 17.6 Å². The molecule has 0 atom stereocenters. The molecule has 0 aliphatic rings. The maximum Gasteiger partial charge on any atom is 0.273 e. The predicted molar refractivity (Wildman–Crippen MR) is 124 cm³/mol. The maximum atomic E-state index is 14.3. The summed E-state index contributed by atoms with van der Waals surface area (Å²) in [4.78, 5) is 29.8. The fourth-order valence-corrected chi connectivity index (χ4v) is 4.33. The van der Waals surface area contributed by atoms with Gasteiger partial charge in [-0.2, -0.15) is 0 Å². The fraction of sp³-hybridized carbons (Fsp3) is 0.227. The Morgan fingerprint density at radius 3 is 2.62 bits per heavy atom. The van der Waals surface area contributed by atoms with Gasteiger partial charge in [0.1, 0.15) is 22.3 Å². The number of benzene rings is 2. The molecule has 0 aliphatic carbocycles. The molecule has 3 aromatic rings. The number of carbonyl (C=O) groups excluding carboxylic acids is 2. The summed E-state index contributed by atoms with van der Waals surface area (Å²) in [5.41, 5.74) is 1.07. The standard InChI is InChI=1S/C22H22FN3O4S2/c1-12-6-5-7-15(17(12)23)19(27)26-21-18(25-22(31-4)32-21)20(28)24-11-13-8-9-14(29-2)10-16(13)30-3/h5-10H,11H2,1-4H3,(H,24,28)(H,26,27). The molecule has 168 valence electrons. The molecule has 1 aromatic heterocycles. The number of aromatic nitrogens is 1. The molecule has 2 N–H and O–H groups in total. The summed E-state index contributed by atoms with van der Waals surface area (Å²) in [5, 5.41) is 5.67. The largest absolute Gasteiger partial charge is 0.497 e. The number of thiazole rings is 1. The summed E-state index contributed by atoms with van der Waals surface area (Å²) in [6, 6.07) is 9.85. The molecule has 7 nitrogen and oxygen atoms in total. The third-order valence-corrected chi connectivity index (χ3v) is 6.55. The second kappa shape index (κ2) is 10.5. The van der Waals surface area contributed by atoms with Crippen molar-refractivity contribution in [3.63, 3.8) is 0 Å². The first kappa shape index (κ1) is 23.6. The van der Waals surface area contributed by atoms with Crippen molar-refractivity contribution in [1.82, 2.24) is 10.3 Å². The summed E-state index contributed by atoms with van der Waals surface area (Å²) in [7, 11) is 3.09. The van der Waals surface area contributed by atoms with Gasteiger partial charge in [0.05, 0.1) is 19.8 Å². The quantitative estimate of drug-likeness (QED) is 0.466. The van der Waals surface area contributed by atoms with Gasteiger partial charge in [0.15, 0.2) is 10.0 Å². The minimum absolute atomic E-state index is 0.0632. The summed E-state index contributed by atoms with van der Waals surface area (Å²) in [6.45, 7) is 1.76. The normalized spacial score (nSPS) is 10.5. The van der Waals surface area contributed by atoms with E-state index >= 15 is 0 Å². The number of ether oxygens (including phenoxy) is 2. The third-order valence-electron chi connectivity index (χ3n) is 4.59. The number of nitrogens with zero attached hydrogens (tertiary/aromatic N) is 1. The van der Waals surface area contributed by atoms with Gasteiger partial charge >= 0.3 is 0 Å². The predicted octanol–water partition coefficient (Wildman–Crippen LogP) is 4.51. The summed E-state index contributed by atoms with van der Waals surface area (Å²) < 4.78 is 25.5. The van der Waals surface area contributed by atoms with Crippen LogP contribution in [-0.4, -0.2) is 37.3 Å². The molecule has 0 radical (unpaired) electrons. The number of thioether (sulfide) groups is 1. The van der Waals surface area contributed by atoms with Gasteiger partial charge in [-0.25, -0.2) is 9.37 Å².